The van der Waals surface area contributed by atoms with E-state index in [9.17, 15) is 0 Å². The molecule has 0 saturated carbocycles. The smallest absolute Gasteiger partial charge is 0.214 e. The first kappa shape index (κ1) is 28.6. The minimum absolute atomic E-state index is 0. The van der Waals surface area contributed by atoms with Crippen LogP contribution >= 0.6 is 63.3 Å². The minimum Gasteiger partial charge on any atom is -0.493 e. The van der Waals surface area contributed by atoms with Crippen molar-refractivity contribution in [2.24, 2.45) is 0 Å². The van der Waals surface area contributed by atoms with Crippen molar-refractivity contribution in [3.63, 3.8) is 0 Å². The Hall–Kier alpha value is -2.01. The van der Waals surface area contributed by atoms with Crippen molar-refractivity contribution >= 4 is 63.3 Å². The van der Waals surface area contributed by atoms with Gasteiger partial charge in [0.05, 0.1) is 27.3 Å². The highest BCUT2D eigenvalue weighted by molar-refractivity contribution is 9.10. The second kappa shape index (κ2) is 14.1. The molecular formula is C24H23BrCl3N5O2S. The number of hydrogen-bond donors (Lipinski definition) is 1. The van der Waals surface area contributed by atoms with E-state index < -0.39 is 0 Å². The third-order valence-electron chi connectivity index (χ3n) is 4.94. The standard InChI is InChI=1S/C24H22BrCl2N5O2S.ClH/c1-33-22-13-17(11-19(25)23(22)34-15-16-7-8-20(26)21(27)12-16)14-28-9-10-35-24-29-30-31-32(24)18-5-3-2-4-6-18;/h2-8,11-13,28H,9-10,14-15H2,1H3;1H. The summed E-state index contributed by atoms with van der Waals surface area (Å²) in [6.07, 6.45) is 0. The number of benzene rings is 3. The molecule has 0 spiro atoms. The van der Waals surface area contributed by atoms with Crippen molar-refractivity contribution in [2.75, 3.05) is 19.4 Å². The number of nitrogens with one attached hydrogen (secondary N) is 1. The predicted molar refractivity (Wildman–Crippen MR) is 150 cm³/mol. The highest BCUT2D eigenvalue weighted by Gasteiger charge is 2.13. The Balaban J connectivity index is 0.00000361. The molecule has 0 radical (unpaired) electrons. The molecule has 36 heavy (non-hydrogen) atoms. The predicted octanol–water partition coefficient (Wildman–Crippen LogP) is 6.62. The fourth-order valence-corrected chi connectivity index (χ4v) is 4.96. The summed E-state index contributed by atoms with van der Waals surface area (Å²) in [4.78, 5) is 0. The lowest BCUT2D eigenvalue weighted by molar-refractivity contribution is 0.282. The summed E-state index contributed by atoms with van der Waals surface area (Å²) in [6.45, 7) is 1.79. The van der Waals surface area contributed by atoms with Gasteiger partial charge in [0.2, 0.25) is 5.16 Å². The van der Waals surface area contributed by atoms with Gasteiger partial charge in [-0.05, 0) is 73.9 Å². The van der Waals surface area contributed by atoms with Gasteiger partial charge < -0.3 is 14.8 Å². The van der Waals surface area contributed by atoms with Crippen molar-refractivity contribution in [1.82, 2.24) is 25.5 Å². The number of ether oxygens (including phenoxy) is 2. The van der Waals surface area contributed by atoms with Crippen LogP contribution in [-0.2, 0) is 13.2 Å². The average Bonchev–Trinajstić information content (AvgIpc) is 3.34. The molecule has 0 fully saturated rings. The van der Waals surface area contributed by atoms with Crippen LogP contribution in [0.25, 0.3) is 5.69 Å². The zero-order valence-electron chi connectivity index (χ0n) is 19.2. The Morgan fingerprint density at radius 3 is 2.58 bits per heavy atom. The average molecular weight is 632 g/mol. The molecule has 0 saturated heterocycles. The molecule has 0 unspecified atom stereocenters. The summed E-state index contributed by atoms with van der Waals surface area (Å²) in [7, 11) is 1.62. The van der Waals surface area contributed by atoms with Crippen LogP contribution < -0.4 is 14.8 Å². The zero-order chi connectivity index (χ0) is 24.6. The Morgan fingerprint density at radius 2 is 1.83 bits per heavy atom. The molecule has 0 bridgehead atoms. The van der Waals surface area contributed by atoms with Gasteiger partial charge in [-0.25, -0.2) is 0 Å². The molecular weight excluding hydrogens is 609 g/mol. The van der Waals surface area contributed by atoms with Crippen molar-refractivity contribution in [3.8, 4) is 17.2 Å². The largest absolute Gasteiger partial charge is 0.493 e. The van der Waals surface area contributed by atoms with E-state index in [0.717, 1.165) is 38.7 Å². The number of halogens is 4. The van der Waals surface area contributed by atoms with E-state index in [4.69, 9.17) is 32.7 Å². The Labute approximate surface area is 238 Å². The monoisotopic (exact) mass is 629 g/mol. The van der Waals surface area contributed by atoms with Crippen molar-refractivity contribution in [3.05, 3.63) is 86.3 Å². The third-order valence-corrected chi connectivity index (χ3v) is 7.19. The molecule has 4 rings (SSSR count). The van der Waals surface area contributed by atoms with Gasteiger partial charge in [-0.2, -0.15) is 4.68 Å². The highest BCUT2D eigenvalue weighted by Crippen LogP contribution is 2.37. The zero-order valence-corrected chi connectivity index (χ0v) is 23.9. The van der Waals surface area contributed by atoms with Crippen LogP contribution in [0.15, 0.2) is 70.3 Å². The number of nitrogens with zero attached hydrogens (tertiary/aromatic N) is 4. The molecule has 4 aromatic rings. The van der Waals surface area contributed by atoms with Crippen LogP contribution in [0.3, 0.4) is 0 Å². The molecule has 190 valence electrons. The van der Waals surface area contributed by atoms with E-state index in [-0.39, 0.29) is 12.4 Å². The maximum Gasteiger partial charge on any atom is 0.214 e. The van der Waals surface area contributed by atoms with Gasteiger partial charge in [-0.1, -0.05) is 59.2 Å². The van der Waals surface area contributed by atoms with Crippen molar-refractivity contribution in [2.45, 2.75) is 18.3 Å². The maximum absolute atomic E-state index is 6.10. The molecule has 0 aliphatic rings. The lowest BCUT2D eigenvalue weighted by Crippen LogP contribution is -2.17. The molecule has 1 N–H and O–H groups in total. The van der Waals surface area contributed by atoms with Gasteiger partial charge in [0.15, 0.2) is 11.5 Å². The number of aromatic nitrogens is 4. The molecule has 0 atom stereocenters. The topological polar surface area (TPSA) is 74.1 Å². The summed E-state index contributed by atoms with van der Waals surface area (Å²) in [5, 5.41) is 17.2. The van der Waals surface area contributed by atoms with Crippen molar-refractivity contribution < 1.29 is 9.47 Å². The fourth-order valence-electron chi connectivity index (χ4n) is 3.25. The van der Waals surface area contributed by atoms with Gasteiger partial charge in [0.1, 0.15) is 6.61 Å². The van der Waals surface area contributed by atoms with Crippen LogP contribution in [0.5, 0.6) is 11.5 Å². The van der Waals surface area contributed by atoms with Gasteiger partial charge >= 0.3 is 0 Å². The van der Waals surface area contributed by atoms with Gasteiger partial charge in [-0.15, -0.1) is 17.5 Å². The number of para-hydroxylation sites is 1. The van der Waals surface area contributed by atoms with E-state index in [1.54, 1.807) is 35.7 Å². The van der Waals surface area contributed by atoms with Crippen LogP contribution in [0, 0.1) is 0 Å². The number of rotatable bonds is 11. The number of methoxy groups -OCH3 is 1. The Bertz CT molecular complexity index is 1280. The number of tetrazole rings is 1. The minimum atomic E-state index is 0. The molecule has 1 heterocycles. The van der Waals surface area contributed by atoms with E-state index in [2.05, 4.69) is 36.8 Å². The SMILES string of the molecule is COc1cc(CNCCSc2nnnn2-c2ccccc2)cc(Br)c1OCc1ccc(Cl)c(Cl)c1.Cl. The maximum atomic E-state index is 6.10. The lowest BCUT2D eigenvalue weighted by Gasteiger charge is -2.15. The summed E-state index contributed by atoms with van der Waals surface area (Å²) < 4.78 is 14.1. The third kappa shape index (κ3) is 7.50. The van der Waals surface area contributed by atoms with E-state index >= 15 is 0 Å². The lowest BCUT2D eigenvalue weighted by atomic mass is 10.2. The first-order valence-electron chi connectivity index (χ1n) is 10.7. The van der Waals surface area contributed by atoms with Crippen molar-refractivity contribution in [1.29, 1.82) is 0 Å². The number of thioether (sulfide) groups is 1. The molecule has 7 nitrogen and oxygen atoms in total. The summed E-state index contributed by atoms with van der Waals surface area (Å²) in [6, 6.07) is 19.2. The molecule has 3 aromatic carbocycles. The van der Waals surface area contributed by atoms with E-state index in [1.165, 1.54) is 0 Å². The van der Waals surface area contributed by atoms with Crippen LogP contribution in [0.1, 0.15) is 11.1 Å². The van der Waals surface area contributed by atoms with Crippen LogP contribution in [0.2, 0.25) is 10.0 Å². The van der Waals surface area contributed by atoms with Gasteiger partial charge in [0.25, 0.3) is 0 Å². The fraction of sp³-hybridized carbons (Fsp3) is 0.208. The number of hydrogen-bond acceptors (Lipinski definition) is 7. The molecule has 1 aromatic heterocycles. The Kier molecular flexibility index (Phi) is 11.2. The normalized spacial score (nSPS) is 10.7. The Morgan fingerprint density at radius 1 is 1.03 bits per heavy atom. The van der Waals surface area contributed by atoms with Gasteiger partial charge in [-0.3, -0.25) is 0 Å². The van der Waals surface area contributed by atoms with Gasteiger partial charge in [0, 0.05) is 18.8 Å². The summed E-state index contributed by atoms with van der Waals surface area (Å²) in [5.41, 5.74) is 2.91. The summed E-state index contributed by atoms with van der Waals surface area (Å²) in [5.74, 6) is 2.09. The quantitative estimate of drug-likeness (QED) is 0.147. The van der Waals surface area contributed by atoms with E-state index in [0.29, 0.717) is 34.7 Å². The van der Waals surface area contributed by atoms with Crippen LogP contribution in [-0.4, -0.2) is 39.6 Å². The molecule has 0 aliphatic carbocycles. The molecule has 12 heteroatoms. The first-order valence-corrected chi connectivity index (χ1v) is 13.2. The second-order valence-electron chi connectivity index (χ2n) is 7.38. The second-order valence-corrected chi connectivity index (χ2v) is 10.1. The highest BCUT2D eigenvalue weighted by atomic mass is 79.9. The first-order chi connectivity index (χ1) is 17.0. The van der Waals surface area contributed by atoms with E-state index in [1.807, 2.05) is 48.5 Å². The van der Waals surface area contributed by atoms with Crippen LogP contribution in [0.4, 0.5) is 0 Å². The summed E-state index contributed by atoms with van der Waals surface area (Å²) >= 11 is 17.3. The molecule has 0 amide bonds. The molecule has 0 aliphatic heterocycles.